The summed E-state index contributed by atoms with van der Waals surface area (Å²) < 4.78 is 5.36. The molecule has 0 aliphatic heterocycles. The van der Waals surface area contributed by atoms with Crippen LogP contribution in [0.2, 0.25) is 0 Å². The minimum Gasteiger partial charge on any atom is -0.444 e. The molecule has 3 atom stereocenters. The Morgan fingerprint density at radius 1 is 0.865 bits per heavy atom. The van der Waals surface area contributed by atoms with E-state index in [0.717, 1.165) is 18.4 Å². The second kappa shape index (κ2) is 13.8. The van der Waals surface area contributed by atoms with Gasteiger partial charge < -0.3 is 20.3 Å². The number of amides is 3. The quantitative estimate of drug-likeness (QED) is 0.412. The summed E-state index contributed by atoms with van der Waals surface area (Å²) in [7, 11) is 0. The topological polar surface area (TPSA) is 87.7 Å². The molecule has 7 heteroatoms. The number of rotatable bonds is 11. The second-order valence-electron chi connectivity index (χ2n) is 11.0. The zero-order chi connectivity index (χ0) is 27.6. The molecule has 2 aromatic rings. The van der Waals surface area contributed by atoms with E-state index < -0.39 is 23.8 Å². The lowest BCUT2D eigenvalue weighted by molar-refractivity contribution is -0.145. The summed E-state index contributed by atoms with van der Waals surface area (Å²) in [6.07, 6.45) is 0.942. The number of hydrogen-bond acceptors (Lipinski definition) is 4. The van der Waals surface area contributed by atoms with Crippen molar-refractivity contribution >= 4 is 17.9 Å². The Kier molecular flexibility index (Phi) is 11.2. The number of nitrogens with zero attached hydrogens (tertiary/aromatic N) is 1. The third kappa shape index (κ3) is 9.90. The van der Waals surface area contributed by atoms with Crippen LogP contribution < -0.4 is 10.6 Å². The molecule has 0 aliphatic rings. The van der Waals surface area contributed by atoms with Crippen LogP contribution >= 0.6 is 0 Å². The summed E-state index contributed by atoms with van der Waals surface area (Å²) in [6, 6.07) is 17.0. The van der Waals surface area contributed by atoms with Crippen LogP contribution in [0.25, 0.3) is 0 Å². The fourth-order valence-electron chi connectivity index (χ4n) is 4.04. The fourth-order valence-corrected chi connectivity index (χ4v) is 4.04. The largest absolute Gasteiger partial charge is 0.444 e. The summed E-state index contributed by atoms with van der Waals surface area (Å²) in [5.41, 5.74) is 0.983. The average Bonchev–Trinajstić information content (AvgIpc) is 2.83. The zero-order valence-electron chi connectivity index (χ0n) is 23.3. The van der Waals surface area contributed by atoms with Crippen LogP contribution in [0.5, 0.6) is 0 Å². The minimum atomic E-state index is -0.885. The molecule has 0 aliphatic carbocycles. The van der Waals surface area contributed by atoms with E-state index in [0.29, 0.717) is 18.0 Å². The van der Waals surface area contributed by atoms with Crippen molar-refractivity contribution in [2.45, 2.75) is 91.6 Å². The maximum atomic E-state index is 13.9. The van der Waals surface area contributed by atoms with Gasteiger partial charge in [0.1, 0.15) is 17.7 Å². The van der Waals surface area contributed by atoms with Gasteiger partial charge in [0.25, 0.3) is 0 Å². The maximum absolute atomic E-state index is 13.9. The molecule has 0 aromatic heterocycles. The average molecular weight is 510 g/mol. The van der Waals surface area contributed by atoms with Gasteiger partial charge >= 0.3 is 6.09 Å². The summed E-state index contributed by atoms with van der Waals surface area (Å²) >= 11 is 0. The second-order valence-corrected chi connectivity index (χ2v) is 11.0. The van der Waals surface area contributed by atoms with E-state index in [1.807, 2.05) is 67.6 Å². The van der Waals surface area contributed by atoms with Gasteiger partial charge in [0.05, 0.1) is 0 Å². The standard InChI is InChI=1S/C30H43N3O4/c1-21(2)18-19-22(3)33(28(35)23(4)32-29(36)37-30(5,6)7)26(25-16-12-9-13-17-25)27(34)31-20-24-14-10-8-11-15-24/h8-17,21-23,26H,18-20H2,1-7H3,(H,31,34)(H,32,36). The Balaban J connectivity index is 2.39. The Morgan fingerprint density at radius 2 is 1.43 bits per heavy atom. The van der Waals surface area contributed by atoms with Gasteiger partial charge in [-0.2, -0.15) is 0 Å². The highest BCUT2D eigenvalue weighted by Crippen LogP contribution is 2.27. The maximum Gasteiger partial charge on any atom is 0.408 e. The molecule has 0 spiro atoms. The number of carbonyl (C=O) groups excluding carboxylic acids is 3. The molecule has 3 amide bonds. The summed E-state index contributed by atoms with van der Waals surface area (Å²) in [4.78, 5) is 41.7. The van der Waals surface area contributed by atoms with Gasteiger partial charge in [-0.25, -0.2) is 4.79 Å². The molecule has 7 nitrogen and oxygen atoms in total. The van der Waals surface area contributed by atoms with Gasteiger partial charge in [0.2, 0.25) is 11.8 Å². The van der Waals surface area contributed by atoms with E-state index in [-0.39, 0.29) is 17.9 Å². The highest BCUT2D eigenvalue weighted by Gasteiger charge is 2.37. The molecule has 2 N–H and O–H groups in total. The van der Waals surface area contributed by atoms with E-state index in [2.05, 4.69) is 24.5 Å². The number of ether oxygens (including phenoxy) is 1. The van der Waals surface area contributed by atoms with E-state index in [4.69, 9.17) is 4.74 Å². The molecule has 0 saturated carbocycles. The number of hydrogen-bond donors (Lipinski definition) is 2. The molecule has 0 fully saturated rings. The van der Waals surface area contributed by atoms with Crippen molar-refractivity contribution in [2.75, 3.05) is 0 Å². The van der Waals surface area contributed by atoms with Crippen LogP contribution in [0, 0.1) is 5.92 Å². The van der Waals surface area contributed by atoms with E-state index in [1.165, 1.54) is 0 Å². The molecule has 202 valence electrons. The van der Waals surface area contributed by atoms with Gasteiger partial charge in [-0.3, -0.25) is 9.59 Å². The van der Waals surface area contributed by atoms with Gasteiger partial charge in [0, 0.05) is 12.6 Å². The summed E-state index contributed by atoms with van der Waals surface area (Å²) in [5.74, 6) is -0.172. The van der Waals surface area contributed by atoms with Crippen LogP contribution in [0.15, 0.2) is 60.7 Å². The van der Waals surface area contributed by atoms with Crippen molar-refractivity contribution < 1.29 is 19.1 Å². The van der Waals surface area contributed by atoms with Crippen molar-refractivity contribution in [2.24, 2.45) is 5.92 Å². The number of nitrogens with one attached hydrogen (secondary N) is 2. The smallest absolute Gasteiger partial charge is 0.408 e. The molecule has 2 aromatic carbocycles. The highest BCUT2D eigenvalue weighted by molar-refractivity contribution is 5.92. The minimum absolute atomic E-state index is 0.245. The predicted octanol–water partition coefficient (Wildman–Crippen LogP) is 5.61. The van der Waals surface area contributed by atoms with Gasteiger partial charge in [-0.05, 0) is 64.5 Å². The number of alkyl carbamates (subject to hydrolysis) is 1. The lowest BCUT2D eigenvalue weighted by Gasteiger charge is -2.38. The molecule has 0 bridgehead atoms. The van der Waals surface area contributed by atoms with Crippen LogP contribution in [0.3, 0.4) is 0 Å². The molecule has 37 heavy (non-hydrogen) atoms. The zero-order valence-corrected chi connectivity index (χ0v) is 23.3. The Labute approximate surface area is 222 Å². The van der Waals surface area contributed by atoms with Crippen LogP contribution in [0.4, 0.5) is 4.79 Å². The molecule has 2 rings (SSSR count). The highest BCUT2D eigenvalue weighted by atomic mass is 16.6. The first-order valence-corrected chi connectivity index (χ1v) is 13.1. The van der Waals surface area contributed by atoms with E-state index in [9.17, 15) is 14.4 Å². The first-order valence-electron chi connectivity index (χ1n) is 13.1. The first kappa shape index (κ1) is 29.9. The molecular formula is C30H43N3O4. The molecule has 3 unspecified atom stereocenters. The molecule has 0 radical (unpaired) electrons. The molecular weight excluding hydrogens is 466 g/mol. The van der Waals surface area contributed by atoms with Crippen LogP contribution in [-0.4, -0.2) is 40.5 Å². The number of carbonyl (C=O) groups is 3. The van der Waals surface area contributed by atoms with Gasteiger partial charge in [-0.1, -0.05) is 74.5 Å². The van der Waals surface area contributed by atoms with Gasteiger partial charge in [-0.15, -0.1) is 0 Å². The third-order valence-electron chi connectivity index (χ3n) is 5.95. The van der Waals surface area contributed by atoms with E-state index >= 15 is 0 Å². The normalized spacial score (nSPS) is 13.8. The first-order chi connectivity index (χ1) is 17.4. The summed E-state index contributed by atoms with van der Waals surface area (Å²) in [6.45, 7) is 13.5. The lowest BCUT2D eigenvalue weighted by atomic mass is 9.97. The van der Waals surface area contributed by atoms with Crippen molar-refractivity contribution in [1.29, 1.82) is 0 Å². The SMILES string of the molecule is CC(C)CCC(C)N(C(=O)C(C)NC(=O)OC(C)(C)C)C(C(=O)NCc1ccccc1)c1ccccc1. The Bertz CT molecular complexity index is 1000. The predicted molar refractivity (Wildman–Crippen MR) is 147 cm³/mol. The fraction of sp³-hybridized carbons (Fsp3) is 0.500. The Morgan fingerprint density at radius 3 is 1.97 bits per heavy atom. The van der Waals surface area contributed by atoms with Crippen molar-refractivity contribution in [3.8, 4) is 0 Å². The third-order valence-corrected chi connectivity index (χ3v) is 5.95. The van der Waals surface area contributed by atoms with Gasteiger partial charge in [0.15, 0.2) is 0 Å². The van der Waals surface area contributed by atoms with Crippen LogP contribution in [-0.2, 0) is 20.9 Å². The van der Waals surface area contributed by atoms with Crippen molar-refractivity contribution in [3.63, 3.8) is 0 Å². The van der Waals surface area contributed by atoms with E-state index in [1.54, 1.807) is 32.6 Å². The monoisotopic (exact) mass is 509 g/mol. The number of benzene rings is 2. The lowest BCUT2D eigenvalue weighted by Crippen LogP contribution is -2.54. The van der Waals surface area contributed by atoms with Crippen LogP contribution in [0.1, 0.15) is 78.5 Å². The molecule has 0 saturated heterocycles. The van der Waals surface area contributed by atoms with Crippen molar-refractivity contribution in [3.05, 3.63) is 71.8 Å². The summed E-state index contributed by atoms with van der Waals surface area (Å²) in [5, 5.41) is 5.67. The molecule has 0 heterocycles. The van der Waals surface area contributed by atoms with Crippen molar-refractivity contribution in [1.82, 2.24) is 15.5 Å². The Hall–Kier alpha value is -3.35.